The number of nitrogens with zero attached hydrogens (tertiary/aromatic N) is 1. The standard InChI is InChI=1S/C19H22Cl2FN3O2/c20-16-13(22)1-2-14-15(16)17(21)18(24-14)19(26)25-6-3-11(4-7-25)5-8-27-12-9-23-10-12/h1-2,11-12,23-24H,3-10H2. The van der Waals surface area contributed by atoms with Gasteiger partial charge in [0.25, 0.3) is 5.91 Å². The molecule has 2 aliphatic heterocycles. The zero-order chi connectivity index (χ0) is 19.0. The van der Waals surface area contributed by atoms with Crippen molar-refractivity contribution in [2.45, 2.75) is 25.4 Å². The molecular formula is C19H22Cl2FN3O2. The summed E-state index contributed by atoms with van der Waals surface area (Å²) in [7, 11) is 0. The highest BCUT2D eigenvalue weighted by Gasteiger charge is 2.28. The molecule has 0 aliphatic carbocycles. The Morgan fingerprint density at radius 2 is 1.96 bits per heavy atom. The Hall–Kier alpha value is -1.34. The zero-order valence-corrected chi connectivity index (χ0v) is 16.4. The van der Waals surface area contributed by atoms with Gasteiger partial charge in [-0.1, -0.05) is 23.2 Å². The van der Waals surface area contributed by atoms with Gasteiger partial charge in [-0.05, 0) is 37.3 Å². The van der Waals surface area contributed by atoms with Gasteiger partial charge in [0.1, 0.15) is 11.5 Å². The van der Waals surface area contributed by atoms with E-state index in [4.69, 9.17) is 27.9 Å². The highest BCUT2D eigenvalue weighted by atomic mass is 35.5. The summed E-state index contributed by atoms with van der Waals surface area (Å²) in [5, 5.41) is 3.67. The van der Waals surface area contributed by atoms with E-state index < -0.39 is 5.82 Å². The highest BCUT2D eigenvalue weighted by molar-refractivity contribution is 6.44. The number of H-pyrrole nitrogens is 1. The predicted octanol–water partition coefficient (Wildman–Crippen LogP) is 3.84. The molecule has 0 spiro atoms. The van der Waals surface area contributed by atoms with Gasteiger partial charge in [0, 0.05) is 43.7 Å². The number of hydrogen-bond acceptors (Lipinski definition) is 3. The van der Waals surface area contributed by atoms with Crippen LogP contribution in [-0.4, -0.2) is 54.7 Å². The van der Waals surface area contributed by atoms with Crippen molar-refractivity contribution >= 4 is 40.0 Å². The first-order chi connectivity index (χ1) is 13.0. The highest BCUT2D eigenvalue weighted by Crippen LogP contribution is 2.35. The third kappa shape index (κ3) is 3.81. The quantitative estimate of drug-likeness (QED) is 0.782. The molecule has 2 aliphatic rings. The van der Waals surface area contributed by atoms with E-state index in [9.17, 15) is 9.18 Å². The van der Waals surface area contributed by atoms with Crippen LogP contribution in [0.4, 0.5) is 4.39 Å². The molecular weight excluding hydrogens is 392 g/mol. The van der Waals surface area contributed by atoms with Crippen molar-refractivity contribution in [3.05, 3.63) is 33.7 Å². The second-order valence-electron chi connectivity index (χ2n) is 7.27. The molecule has 2 aromatic rings. The van der Waals surface area contributed by atoms with Gasteiger partial charge >= 0.3 is 0 Å². The largest absolute Gasteiger partial charge is 0.376 e. The molecule has 8 heteroatoms. The first kappa shape index (κ1) is 19.0. The van der Waals surface area contributed by atoms with Gasteiger partial charge in [0.2, 0.25) is 0 Å². The van der Waals surface area contributed by atoms with Crippen LogP contribution >= 0.6 is 23.2 Å². The maximum Gasteiger partial charge on any atom is 0.271 e. The molecule has 3 heterocycles. The second kappa shape index (κ2) is 7.95. The zero-order valence-electron chi connectivity index (χ0n) is 14.9. The van der Waals surface area contributed by atoms with Crippen molar-refractivity contribution in [1.82, 2.24) is 15.2 Å². The molecule has 0 atom stereocenters. The Morgan fingerprint density at radius 3 is 2.63 bits per heavy atom. The van der Waals surface area contributed by atoms with Crippen LogP contribution in [0, 0.1) is 11.7 Å². The van der Waals surface area contributed by atoms with Crippen molar-refractivity contribution in [3.8, 4) is 0 Å². The number of rotatable bonds is 5. The molecule has 0 saturated carbocycles. The topological polar surface area (TPSA) is 57.4 Å². The van der Waals surface area contributed by atoms with Crippen LogP contribution in [0.15, 0.2) is 12.1 Å². The van der Waals surface area contributed by atoms with Gasteiger partial charge in [0.15, 0.2) is 0 Å². The number of aromatic amines is 1. The van der Waals surface area contributed by atoms with E-state index in [1.54, 1.807) is 11.0 Å². The number of fused-ring (bicyclic) bond motifs is 1. The molecule has 146 valence electrons. The summed E-state index contributed by atoms with van der Waals surface area (Å²) in [5.74, 6) is -0.142. The molecule has 2 fully saturated rings. The number of carbonyl (C=O) groups excluding carboxylic acids is 1. The Labute approximate surface area is 167 Å². The van der Waals surface area contributed by atoms with Crippen molar-refractivity contribution in [1.29, 1.82) is 0 Å². The number of halogens is 3. The fraction of sp³-hybridized carbons (Fsp3) is 0.526. The van der Waals surface area contributed by atoms with E-state index in [-0.39, 0.29) is 21.6 Å². The third-order valence-corrected chi connectivity index (χ3v) is 6.28. The summed E-state index contributed by atoms with van der Waals surface area (Å²) in [4.78, 5) is 17.7. The molecule has 0 bridgehead atoms. The van der Waals surface area contributed by atoms with Crippen LogP contribution in [0.3, 0.4) is 0 Å². The minimum absolute atomic E-state index is 0.0619. The number of ether oxygens (including phenoxy) is 1. The van der Waals surface area contributed by atoms with E-state index in [1.807, 2.05) is 0 Å². The van der Waals surface area contributed by atoms with E-state index in [0.717, 1.165) is 39.0 Å². The number of aromatic nitrogens is 1. The molecule has 2 N–H and O–H groups in total. The molecule has 0 radical (unpaired) electrons. The number of amides is 1. The minimum atomic E-state index is -0.551. The number of hydrogen-bond donors (Lipinski definition) is 2. The van der Waals surface area contributed by atoms with Gasteiger partial charge in [0.05, 0.1) is 16.1 Å². The maximum absolute atomic E-state index is 13.7. The number of piperidine rings is 1. The van der Waals surface area contributed by atoms with E-state index in [1.165, 1.54) is 6.07 Å². The molecule has 4 rings (SSSR count). The smallest absolute Gasteiger partial charge is 0.271 e. The van der Waals surface area contributed by atoms with Crippen LogP contribution in [0.1, 0.15) is 29.8 Å². The van der Waals surface area contributed by atoms with E-state index >= 15 is 0 Å². The lowest BCUT2D eigenvalue weighted by atomic mass is 9.93. The fourth-order valence-corrected chi connectivity index (χ4v) is 4.33. The second-order valence-corrected chi connectivity index (χ2v) is 8.03. The number of likely N-dealkylation sites (tertiary alicyclic amines) is 1. The van der Waals surface area contributed by atoms with Gasteiger partial charge in [-0.25, -0.2) is 4.39 Å². The van der Waals surface area contributed by atoms with Crippen LogP contribution in [0.5, 0.6) is 0 Å². The average Bonchev–Trinajstić information content (AvgIpc) is 2.97. The Bertz CT molecular complexity index is 845. The van der Waals surface area contributed by atoms with Gasteiger partial charge in [-0.2, -0.15) is 0 Å². The normalized spacial score (nSPS) is 18.9. The van der Waals surface area contributed by atoms with Crippen LogP contribution in [-0.2, 0) is 4.74 Å². The predicted molar refractivity (Wildman–Crippen MR) is 104 cm³/mol. The Balaban J connectivity index is 1.37. The van der Waals surface area contributed by atoms with Crippen LogP contribution < -0.4 is 5.32 Å². The van der Waals surface area contributed by atoms with Crippen molar-refractivity contribution in [2.24, 2.45) is 5.92 Å². The SMILES string of the molecule is O=C(c1[nH]c2ccc(F)c(Cl)c2c1Cl)N1CCC(CCOC2CNC2)CC1. The first-order valence-corrected chi connectivity index (χ1v) is 10.1. The molecule has 5 nitrogen and oxygen atoms in total. The molecule has 2 saturated heterocycles. The monoisotopic (exact) mass is 413 g/mol. The van der Waals surface area contributed by atoms with Crippen molar-refractivity contribution in [3.63, 3.8) is 0 Å². The summed E-state index contributed by atoms with van der Waals surface area (Å²) >= 11 is 12.4. The van der Waals surface area contributed by atoms with Crippen LogP contribution in [0.2, 0.25) is 10.0 Å². The lowest BCUT2D eigenvalue weighted by Gasteiger charge is -2.33. The summed E-state index contributed by atoms with van der Waals surface area (Å²) in [6, 6.07) is 2.81. The van der Waals surface area contributed by atoms with Gasteiger partial charge in [-0.3, -0.25) is 4.79 Å². The van der Waals surface area contributed by atoms with Gasteiger partial charge in [-0.15, -0.1) is 0 Å². The summed E-state index contributed by atoms with van der Waals surface area (Å²) in [6.07, 6.45) is 3.30. The lowest BCUT2D eigenvalue weighted by Crippen LogP contribution is -2.48. The summed E-state index contributed by atoms with van der Waals surface area (Å²) in [6.45, 7) is 4.05. The molecule has 27 heavy (non-hydrogen) atoms. The molecule has 0 unspecified atom stereocenters. The average molecular weight is 414 g/mol. The molecule has 1 amide bonds. The number of carbonyl (C=O) groups is 1. The number of benzene rings is 1. The third-order valence-electron chi connectivity index (χ3n) is 5.53. The van der Waals surface area contributed by atoms with E-state index in [0.29, 0.717) is 36.0 Å². The number of nitrogens with one attached hydrogen (secondary N) is 2. The first-order valence-electron chi connectivity index (χ1n) is 9.31. The molecule has 1 aromatic carbocycles. The fourth-order valence-electron chi connectivity index (χ4n) is 3.70. The van der Waals surface area contributed by atoms with Crippen LogP contribution in [0.25, 0.3) is 10.9 Å². The molecule has 1 aromatic heterocycles. The Morgan fingerprint density at radius 1 is 1.22 bits per heavy atom. The Kier molecular flexibility index (Phi) is 5.60. The minimum Gasteiger partial charge on any atom is -0.376 e. The van der Waals surface area contributed by atoms with Crippen molar-refractivity contribution < 1.29 is 13.9 Å². The summed E-state index contributed by atoms with van der Waals surface area (Å²) < 4.78 is 19.5. The summed E-state index contributed by atoms with van der Waals surface area (Å²) in [5.41, 5.74) is 0.839. The van der Waals surface area contributed by atoms with E-state index in [2.05, 4.69) is 10.3 Å². The maximum atomic E-state index is 13.7. The lowest BCUT2D eigenvalue weighted by molar-refractivity contribution is 0.00842. The van der Waals surface area contributed by atoms with Gasteiger partial charge < -0.3 is 19.9 Å². The van der Waals surface area contributed by atoms with Crippen molar-refractivity contribution in [2.75, 3.05) is 32.8 Å².